The first kappa shape index (κ1) is 25.7. The van der Waals surface area contributed by atoms with Crippen LogP contribution in [0.15, 0.2) is 158 Å². The molecule has 0 bridgehead atoms. The average molecular weight is 599 g/mol. The Morgan fingerprint density at radius 1 is 0.362 bits per heavy atom. The largest absolute Gasteiger partial charge is 0.309 e. The van der Waals surface area contributed by atoms with Gasteiger partial charge in [-0.3, -0.25) is 0 Å². The molecule has 7 aromatic carbocycles. The summed E-state index contributed by atoms with van der Waals surface area (Å²) in [6.07, 6.45) is 0. The Kier molecular flexibility index (Phi) is 5.32. The SMILES string of the molecule is N#Cc1cccc2c3ccc(-n4c5ccccc5c5ccc6c(c7ccccc7n6-c6ccccc6)c54)cc3n(-c3ccccc3)c12. The molecule has 0 fully saturated rings. The van der Waals surface area contributed by atoms with Gasteiger partial charge in [0.25, 0.3) is 0 Å². The highest BCUT2D eigenvalue weighted by Gasteiger charge is 2.22. The van der Waals surface area contributed by atoms with Crippen LogP contribution < -0.4 is 0 Å². The lowest BCUT2D eigenvalue weighted by Crippen LogP contribution is -1.98. The molecule has 0 aliphatic carbocycles. The maximum Gasteiger partial charge on any atom is 0.101 e. The molecule has 10 rings (SSSR count). The van der Waals surface area contributed by atoms with E-state index in [1.165, 1.54) is 38.1 Å². The van der Waals surface area contributed by atoms with Gasteiger partial charge in [0, 0.05) is 49.4 Å². The van der Waals surface area contributed by atoms with Crippen LogP contribution in [0, 0.1) is 11.3 Å². The molecule has 0 radical (unpaired) electrons. The molecular formula is C43H26N4. The van der Waals surface area contributed by atoms with E-state index < -0.39 is 0 Å². The molecule has 3 aromatic heterocycles. The van der Waals surface area contributed by atoms with Gasteiger partial charge in [0.2, 0.25) is 0 Å². The van der Waals surface area contributed by atoms with E-state index in [1.807, 2.05) is 18.2 Å². The second-order valence-electron chi connectivity index (χ2n) is 12.1. The maximum absolute atomic E-state index is 10.2. The average Bonchev–Trinajstić information content (AvgIpc) is 3.77. The van der Waals surface area contributed by atoms with E-state index in [-0.39, 0.29) is 0 Å². The fourth-order valence-corrected chi connectivity index (χ4v) is 7.76. The molecule has 0 aliphatic heterocycles. The summed E-state index contributed by atoms with van der Waals surface area (Å²) in [4.78, 5) is 0. The maximum atomic E-state index is 10.2. The van der Waals surface area contributed by atoms with Crippen molar-refractivity contribution in [3.63, 3.8) is 0 Å². The Bertz CT molecular complexity index is 2900. The van der Waals surface area contributed by atoms with Crippen molar-refractivity contribution in [3.05, 3.63) is 163 Å². The Labute approximate surface area is 270 Å². The van der Waals surface area contributed by atoms with Gasteiger partial charge < -0.3 is 13.7 Å². The van der Waals surface area contributed by atoms with Gasteiger partial charge in [0.05, 0.1) is 38.7 Å². The van der Waals surface area contributed by atoms with Crippen LogP contribution in [0.4, 0.5) is 0 Å². The molecule has 47 heavy (non-hydrogen) atoms. The third-order valence-electron chi connectivity index (χ3n) is 9.65. The van der Waals surface area contributed by atoms with Gasteiger partial charge in [0.15, 0.2) is 0 Å². The first-order valence-electron chi connectivity index (χ1n) is 15.9. The number of hydrogen-bond acceptors (Lipinski definition) is 1. The summed E-state index contributed by atoms with van der Waals surface area (Å²) < 4.78 is 7.07. The molecule has 10 aromatic rings. The number of hydrogen-bond donors (Lipinski definition) is 0. The van der Waals surface area contributed by atoms with Crippen molar-refractivity contribution >= 4 is 65.4 Å². The van der Waals surface area contributed by atoms with Gasteiger partial charge in [-0.1, -0.05) is 97.1 Å². The van der Waals surface area contributed by atoms with Gasteiger partial charge in [-0.25, -0.2) is 0 Å². The predicted octanol–water partition coefficient (Wildman–Crippen LogP) is 10.8. The monoisotopic (exact) mass is 598 g/mol. The molecule has 218 valence electrons. The summed E-state index contributed by atoms with van der Waals surface area (Å²) >= 11 is 0. The smallest absolute Gasteiger partial charge is 0.101 e. The van der Waals surface area contributed by atoms with Crippen LogP contribution in [0.5, 0.6) is 0 Å². The van der Waals surface area contributed by atoms with Crippen molar-refractivity contribution in [2.45, 2.75) is 0 Å². The molecule has 0 aliphatic rings. The quantitative estimate of drug-likeness (QED) is 0.199. The number of nitrogens with zero attached hydrogens (tertiary/aromatic N) is 4. The summed E-state index contributed by atoms with van der Waals surface area (Å²) in [7, 11) is 0. The minimum Gasteiger partial charge on any atom is -0.309 e. The second kappa shape index (κ2) is 9.71. The highest BCUT2D eigenvalue weighted by molar-refractivity contribution is 6.26. The number of benzene rings is 7. The Hall–Kier alpha value is -6.57. The molecule has 0 amide bonds. The lowest BCUT2D eigenvalue weighted by atomic mass is 10.1. The summed E-state index contributed by atoms with van der Waals surface area (Å²) in [6.45, 7) is 0. The van der Waals surface area contributed by atoms with Crippen LogP contribution in [0.1, 0.15) is 5.56 Å². The zero-order chi connectivity index (χ0) is 31.1. The fraction of sp³-hybridized carbons (Fsp3) is 0. The van der Waals surface area contributed by atoms with Crippen LogP contribution in [-0.4, -0.2) is 13.7 Å². The molecule has 0 atom stereocenters. The molecule has 4 heteroatoms. The van der Waals surface area contributed by atoms with Crippen molar-refractivity contribution in [2.24, 2.45) is 0 Å². The Morgan fingerprint density at radius 3 is 1.66 bits per heavy atom. The van der Waals surface area contributed by atoms with Crippen molar-refractivity contribution in [2.75, 3.05) is 0 Å². The van der Waals surface area contributed by atoms with E-state index in [0.29, 0.717) is 5.56 Å². The van der Waals surface area contributed by atoms with E-state index in [1.54, 1.807) is 0 Å². The van der Waals surface area contributed by atoms with Crippen molar-refractivity contribution in [1.82, 2.24) is 13.7 Å². The van der Waals surface area contributed by atoms with E-state index in [0.717, 1.165) is 44.4 Å². The van der Waals surface area contributed by atoms with Crippen LogP contribution in [0.2, 0.25) is 0 Å². The molecular weight excluding hydrogens is 573 g/mol. The number of rotatable bonds is 3. The standard InChI is InChI=1S/C43H26N4/c44-27-28-12-11-19-34-33-23-22-31(26-40(33)46(42(28)34)30-15-5-2-6-16-30)47-37-20-9-7-17-32(37)35-24-25-39-41(43(35)47)36-18-8-10-21-38(36)45(39)29-13-3-1-4-14-29/h1-26H. The molecule has 3 heterocycles. The van der Waals surface area contributed by atoms with Gasteiger partial charge in [-0.05, 0) is 60.7 Å². The first-order valence-corrected chi connectivity index (χ1v) is 15.9. The van der Waals surface area contributed by atoms with Gasteiger partial charge in [0.1, 0.15) is 6.07 Å². The minimum atomic E-state index is 0.663. The topological polar surface area (TPSA) is 38.6 Å². The number of aromatic nitrogens is 3. The third kappa shape index (κ3) is 3.51. The molecule has 0 saturated heterocycles. The first-order chi connectivity index (χ1) is 23.3. The normalized spacial score (nSPS) is 11.8. The van der Waals surface area contributed by atoms with Crippen molar-refractivity contribution < 1.29 is 0 Å². The second-order valence-corrected chi connectivity index (χ2v) is 12.1. The number of fused-ring (bicyclic) bond motifs is 10. The van der Waals surface area contributed by atoms with Crippen molar-refractivity contribution in [3.8, 4) is 23.1 Å². The highest BCUT2D eigenvalue weighted by atomic mass is 15.0. The number of nitriles is 1. The Balaban J connectivity index is 1.38. The molecule has 0 spiro atoms. The zero-order valence-electron chi connectivity index (χ0n) is 25.3. The lowest BCUT2D eigenvalue weighted by molar-refractivity contribution is 1.15. The van der Waals surface area contributed by atoms with E-state index in [2.05, 4.69) is 159 Å². The zero-order valence-corrected chi connectivity index (χ0v) is 25.3. The summed E-state index contributed by atoms with van der Waals surface area (Å²) in [5.74, 6) is 0. The lowest BCUT2D eigenvalue weighted by Gasteiger charge is -2.12. The van der Waals surface area contributed by atoms with Gasteiger partial charge in [-0.15, -0.1) is 0 Å². The van der Waals surface area contributed by atoms with Crippen LogP contribution in [0.3, 0.4) is 0 Å². The summed E-state index contributed by atoms with van der Waals surface area (Å²) in [5.41, 5.74) is 10.6. The van der Waals surface area contributed by atoms with Crippen LogP contribution in [-0.2, 0) is 0 Å². The molecule has 0 N–H and O–H groups in total. The van der Waals surface area contributed by atoms with E-state index in [9.17, 15) is 5.26 Å². The molecule has 0 saturated carbocycles. The summed E-state index contributed by atoms with van der Waals surface area (Å²) in [6, 6.07) is 58.2. The number of para-hydroxylation sites is 5. The van der Waals surface area contributed by atoms with Gasteiger partial charge in [-0.2, -0.15) is 5.26 Å². The van der Waals surface area contributed by atoms with Crippen molar-refractivity contribution in [1.29, 1.82) is 5.26 Å². The third-order valence-corrected chi connectivity index (χ3v) is 9.65. The molecule has 4 nitrogen and oxygen atoms in total. The fourth-order valence-electron chi connectivity index (χ4n) is 7.76. The van der Waals surface area contributed by atoms with Crippen LogP contribution >= 0.6 is 0 Å². The highest BCUT2D eigenvalue weighted by Crippen LogP contribution is 2.43. The summed E-state index contributed by atoms with van der Waals surface area (Å²) in [5, 5.41) is 17.3. The molecule has 0 unspecified atom stereocenters. The predicted molar refractivity (Wildman–Crippen MR) is 194 cm³/mol. The Morgan fingerprint density at radius 2 is 0.915 bits per heavy atom. The van der Waals surface area contributed by atoms with E-state index >= 15 is 0 Å². The van der Waals surface area contributed by atoms with E-state index in [4.69, 9.17) is 0 Å². The van der Waals surface area contributed by atoms with Gasteiger partial charge >= 0.3 is 0 Å². The minimum absolute atomic E-state index is 0.663. The van der Waals surface area contributed by atoms with Crippen LogP contribution in [0.25, 0.3) is 82.5 Å².